The van der Waals surface area contributed by atoms with Crippen LogP contribution in [0.15, 0.2) is 54.6 Å². The number of benzene rings is 2. The Balaban J connectivity index is 1.53. The Hall–Kier alpha value is -2.89. The van der Waals surface area contributed by atoms with Crippen molar-refractivity contribution in [2.24, 2.45) is 0 Å². The van der Waals surface area contributed by atoms with E-state index in [9.17, 15) is 4.79 Å². The number of hydrogen-bond acceptors (Lipinski definition) is 3. The molecule has 0 aliphatic rings. The van der Waals surface area contributed by atoms with Crippen LogP contribution in [0.4, 0.5) is 0 Å². The Bertz CT molecular complexity index is 926. The lowest BCUT2D eigenvalue weighted by Crippen LogP contribution is -2.17. The average molecular weight is 363 g/mol. The summed E-state index contributed by atoms with van der Waals surface area (Å²) < 4.78 is 0. The summed E-state index contributed by atoms with van der Waals surface area (Å²) in [7, 11) is 0. The molecule has 3 aromatic rings. The quantitative estimate of drug-likeness (QED) is 0.214. The van der Waals surface area contributed by atoms with Crippen LogP contribution in [0.5, 0.6) is 0 Å². The van der Waals surface area contributed by atoms with Crippen molar-refractivity contribution in [2.45, 2.75) is 26.3 Å². The van der Waals surface area contributed by atoms with Crippen molar-refractivity contribution in [1.29, 1.82) is 0 Å². The third-order valence-corrected chi connectivity index (χ3v) is 4.65. The minimum absolute atomic E-state index is 0.538. The molecule has 4 N–H and O–H groups in total. The summed E-state index contributed by atoms with van der Waals surface area (Å²) in [6.45, 7) is 3.89. The zero-order valence-electron chi connectivity index (χ0n) is 15.5. The number of hydrogen-bond donors (Lipinski definition) is 4. The standard InChI is InChI=1S/C22H25N3O2/c1-2-20-19(18-5-3-4-6-21(18)24-20)13-14-23-15-17-9-7-16(8-10-17)11-12-22(26)25-27/h3-12,23-24,27H,2,13-15H2,1H3,(H,25,26)/b12-11+. The van der Waals surface area contributed by atoms with Crippen molar-refractivity contribution in [1.82, 2.24) is 15.8 Å². The molecule has 0 unspecified atom stereocenters. The van der Waals surface area contributed by atoms with Crippen molar-refractivity contribution in [3.63, 3.8) is 0 Å². The van der Waals surface area contributed by atoms with E-state index in [0.717, 1.165) is 31.5 Å². The fourth-order valence-electron chi connectivity index (χ4n) is 3.25. The number of rotatable bonds is 8. The summed E-state index contributed by atoms with van der Waals surface area (Å²) in [4.78, 5) is 14.5. The number of aryl methyl sites for hydroxylation is 1. The number of H-pyrrole nitrogens is 1. The van der Waals surface area contributed by atoms with Gasteiger partial charge in [0.05, 0.1) is 0 Å². The first kappa shape index (κ1) is 18.9. The minimum atomic E-state index is -0.538. The van der Waals surface area contributed by atoms with Gasteiger partial charge in [0.25, 0.3) is 5.91 Å². The van der Waals surface area contributed by atoms with Crippen LogP contribution >= 0.6 is 0 Å². The van der Waals surface area contributed by atoms with Gasteiger partial charge in [0.1, 0.15) is 0 Å². The summed E-state index contributed by atoms with van der Waals surface area (Å²) in [5.41, 5.74) is 7.61. The Morgan fingerprint density at radius 1 is 1.15 bits per heavy atom. The Morgan fingerprint density at radius 2 is 1.93 bits per heavy atom. The van der Waals surface area contributed by atoms with Crippen LogP contribution in [-0.2, 0) is 24.2 Å². The molecule has 27 heavy (non-hydrogen) atoms. The van der Waals surface area contributed by atoms with Crippen molar-refractivity contribution in [3.8, 4) is 0 Å². The number of para-hydroxylation sites is 1. The highest BCUT2D eigenvalue weighted by Gasteiger charge is 2.09. The van der Waals surface area contributed by atoms with E-state index >= 15 is 0 Å². The molecule has 5 heteroatoms. The van der Waals surface area contributed by atoms with Gasteiger partial charge in [-0.15, -0.1) is 0 Å². The fraction of sp³-hybridized carbons (Fsp3) is 0.227. The Morgan fingerprint density at radius 3 is 2.67 bits per heavy atom. The van der Waals surface area contributed by atoms with Crippen LogP contribution in [0.3, 0.4) is 0 Å². The number of carbonyl (C=O) groups excluding carboxylic acids is 1. The lowest BCUT2D eigenvalue weighted by molar-refractivity contribution is -0.124. The van der Waals surface area contributed by atoms with Crippen LogP contribution in [0.25, 0.3) is 17.0 Å². The minimum Gasteiger partial charge on any atom is -0.358 e. The molecule has 0 aliphatic heterocycles. The first-order valence-corrected chi connectivity index (χ1v) is 9.21. The number of fused-ring (bicyclic) bond motifs is 1. The van der Waals surface area contributed by atoms with Crippen LogP contribution < -0.4 is 10.8 Å². The highest BCUT2D eigenvalue weighted by molar-refractivity contribution is 5.90. The molecule has 0 aliphatic carbocycles. The van der Waals surface area contributed by atoms with Crippen LogP contribution in [-0.4, -0.2) is 22.6 Å². The molecule has 0 radical (unpaired) electrons. The van der Waals surface area contributed by atoms with Crippen LogP contribution in [0.1, 0.15) is 29.3 Å². The molecule has 140 valence electrons. The molecule has 0 spiro atoms. The van der Waals surface area contributed by atoms with Gasteiger partial charge in [-0.1, -0.05) is 49.4 Å². The largest absolute Gasteiger partial charge is 0.358 e. The summed E-state index contributed by atoms with van der Waals surface area (Å²) in [6, 6.07) is 16.4. The molecule has 5 nitrogen and oxygen atoms in total. The summed E-state index contributed by atoms with van der Waals surface area (Å²) >= 11 is 0. The predicted molar refractivity (Wildman–Crippen MR) is 108 cm³/mol. The molecule has 0 saturated heterocycles. The molecular weight excluding hydrogens is 338 g/mol. The molecule has 0 fully saturated rings. The van der Waals surface area contributed by atoms with Gasteiger partial charge < -0.3 is 10.3 Å². The maximum atomic E-state index is 11.0. The Labute approximate surface area is 159 Å². The Kier molecular flexibility index (Phi) is 6.41. The van der Waals surface area contributed by atoms with Gasteiger partial charge in [-0.2, -0.15) is 0 Å². The lowest BCUT2D eigenvalue weighted by Gasteiger charge is -2.07. The zero-order valence-corrected chi connectivity index (χ0v) is 15.5. The molecule has 0 bridgehead atoms. The molecule has 1 heterocycles. The van der Waals surface area contributed by atoms with Crippen molar-refractivity contribution in [3.05, 3.63) is 77.0 Å². The van der Waals surface area contributed by atoms with Gasteiger partial charge in [-0.3, -0.25) is 10.0 Å². The molecule has 0 saturated carbocycles. The monoisotopic (exact) mass is 363 g/mol. The smallest absolute Gasteiger partial charge is 0.267 e. The maximum Gasteiger partial charge on any atom is 0.267 e. The second-order valence-electron chi connectivity index (χ2n) is 6.46. The molecule has 1 aromatic heterocycles. The van der Waals surface area contributed by atoms with Gasteiger partial charge in [0, 0.05) is 29.2 Å². The van der Waals surface area contributed by atoms with E-state index < -0.39 is 5.91 Å². The number of amides is 1. The molecular formula is C22H25N3O2. The summed E-state index contributed by atoms with van der Waals surface area (Å²) in [5, 5.41) is 13.3. The topological polar surface area (TPSA) is 77.2 Å². The molecule has 1 amide bonds. The van der Waals surface area contributed by atoms with E-state index in [1.165, 1.54) is 33.8 Å². The molecule has 0 atom stereocenters. The third kappa shape index (κ3) is 4.84. The average Bonchev–Trinajstić information content (AvgIpc) is 3.08. The van der Waals surface area contributed by atoms with Gasteiger partial charge >= 0.3 is 0 Å². The first-order chi connectivity index (χ1) is 13.2. The number of aromatic amines is 1. The SMILES string of the molecule is CCc1[nH]c2ccccc2c1CCNCc1ccc(/C=C/C(=O)NO)cc1. The van der Waals surface area contributed by atoms with Gasteiger partial charge in [-0.25, -0.2) is 5.48 Å². The number of aromatic nitrogens is 1. The van der Waals surface area contributed by atoms with Crippen molar-refractivity contribution < 1.29 is 10.0 Å². The van der Waals surface area contributed by atoms with E-state index in [4.69, 9.17) is 5.21 Å². The second-order valence-corrected chi connectivity index (χ2v) is 6.46. The third-order valence-electron chi connectivity index (χ3n) is 4.65. The van der Waals surface area contributed by atoms with E-state index in [1.807, 2.05) is 24.3 Å². The molecule has 3 rings (SSSR count). The van der Waals surface area contributed by atoms with E-state index in [0.29, 0.717) is 0 Å². The van der Waals surface area contributed by atoms with Crippen molar-refractivity contribution in [2.75, 3.05) is 6.54 Å². The van der Waals surface area contributed by atoms with Crippen LogP contribution in [0, 0.1) is 0 Å². The van der Waals surface area contributed by atoms with Gasteiger partial charge in [0.2, 0.25) is 0 Å². The normalized spacial score (nSPS) is 11.3. The van der Waals surface area contributed by atoms with E-state index in [1.54, 1.807) is 11.6 Å². The van der Waals surface area contributed by atoms with E-state index in [-0.39, 0.29) is 0 Å². The predicted octanol–water partition coefficient (Wildman–Crippen LogP) is 3.58. The van der Waals surface area contributed by atoms with E-state index in [2.05, 4.69) is 41.5 Å². The highest BCUT2D eigenvalue weighted by Crippen LogP contribution is 2.23. The maximum absolute atomic E-state index is 11.0. The highest BCUT2D eigenvalue weighted by atomic mass is 16.5. The zero-order chi connectivity index (χ0) is 19.1. The fourth-order valence-corrected chi connectivity index (χ4v) is 3.25. The van der Waals surface area contributed by atoms with Gasteiger partial charge in [-0.05, 0) is 48.2 Å². The van der Waals surface area contributed by atoms with Crippen LogP contribution in [0.2, 0.25) is 0 Å². The van der Waals surface area contributed by atoms with Crippen molar-refractivity contribution >= 4 is 22.9 Å². The number of hydroxylamine groups is 1. The summed E-state index contributed by atoms with van der Waals surface area (Å²) in [5.74, 6) is -0.538. The number of carbonyl (C=O) groups is 1. The lowest BCUT2D eigenvalue weighted by atomic mass is 10.1. The second kappa shape index (κ2) is 9.16. The van der Waals surface area contributed by atoms with Gasteiger partial charge in [0.15, 0.2) is 0 Å². The summed E-state index contributed by atoms with van der Waals surface area (Å²) in [6.07, 6.45) is 4.95. The number of nitrogens with one attached hydrogen (secondary N) is 3. The molecule has 2 aromatic carbocycles. The first-order valence-electron chi connectivity index (χ1n) is 9.21.